The SMILES string of the molecule is CC/C=C\C/C=C\C/C=C\CCCCC(=O)OC(COC(=O)CCCC/C=C\C/C=C\CC)COC(=O)CCCCCCC\C=C/C=C\C=C/C=C\C=C/CCC. The molecule has 0 N–H and O–H groups in total. The van der Waals surface area contributed by atoms with Crippen LogP contribution in [0.15, 0.2) is 122 Å². The molecule has 0 bridgehead atoms. The number of hydrogen-bond acceptors (Lipinski definition) is 6. The third-order valence-corrected chi connectivity index (χ3v) is 8.54. The van der Waals surface area contributed by atoms with Crippen LogP contribution in [-0.4, -0.2) is 37.2 Å². The minimum atomic E-state index is -0.822. The van der Waals surface area contributed by atoms with Gasteiger partial charge in [0.05, 0.1) is 0 Å². The Hall–Kier alpha value is -4.19. The number of hydrogen-bond donors (Lipinski definition) is 0. The molecule has 57 heavy (non-hydrogen) atoms. The Morgan fingerprint density at radius 2 is 0.754 bits per heavy atom. The molecule has 318 valence electrons. The summed E-state index contributed by atoms with van der Waals surface area (Å²) in [7, 11) is 0. The molecule has 0 fully saturated rings. The average molecular weight is 787 g/mol. The molecular weight excluding hydrogens is 709 g/mol. The summed E-state index contributed by atoms with van der Waals surface area (Å²) in [6, 6.07) is 0. The van der Waals surface area contributed by atoms with Crippen LogP contribution < -0.4 is 0 Å². The molecule has 1 unspecified atom stereocenters. The summed E-state index contributed by atoms with van der Waals surface area (Å²) in [5.74, 6) is -1.04. The van der Waals surface area contributed by atoms with Gasteiger partial charge < -0.3 is 14.2 Å². The molecule has 0 aromatic carbocycles. The smallest absolute Gasteiger partial charge is 0.306 e. The lowest BCUT2D eigenvalue weighted by Crippen LogP contribution is -2.30. The Labute approximate surface area is 348 Å². The van der Waals surface area contributed by atoms with E-state index in [1.807, 2.05) is 36.5 Å². The summed E-state index contributed by atoms with van der Waals surface area (Å²) in [6.07, 6.45) is 60.5. The molecule has 6 nitrogen and oxygen atoms in total. The van der Waals surface area contributed by atoms with E-state index in [-0.39, 0.29) is 37.5 Å². The molecule has 0 aliphatic carbocycles. The van der Waals surface area contributed by atoms with Crippen LogP contribution in [0.4, 0.5) is 0 Å². The lowest BCUT2D eigenvalue weighted by Gasteiger charge is -2.18. The molecule has 0 saturated carbocycles. The fourth-order valence-electron chi connectivity index (χ4n) is 5.29. The van der Waals surface area contributed by atoms with E-state index >= 15 is 0 Å². The largest absolute Gasteiger partial charge is 0.462 e. The number of allylic oxidation sites excluding steroid dienone is 20. The van der Waals surface area contributed by atoms with Gasteiger partial charge in [-0.3, -0.25) is 14.4 Å². The first-order chi connectivity index (χ1) is 28.0. The van der Waals surface area contributed by atoms with Crippen molar-refractivity contribution in [3.8, 4) is 0 Å². The highest BCUT2D eigenvalue weighted by atomic mass is 16.6. The van der Waals surface area contributed by atoms with Crippen molar-refractivity contribution >= 4 is 17.9 Å². The average Bonchev–Trinajstić information content (AvgIpc) is 3.21. The number of ether oxygens (including phenoxy) is 3. The summed E-state index contributed by atoms with van der Waals surface area (Å²) in [6.45, 7) is 6.17. The summed E-state index contributed by atoms with van der Waals surface area (Å²) in [5.41, 5.74) is 0. The second-order valence-corrected chi connectivity index (χ2v) is 14.0. The number of unbranched alkanes of at least 4 members (excludes halogenated alkanes) is 10. The van der Waals surface area contributed by atoms with Gasteiger partial charge in [-0.15, -0.1) is 0 Å². The molecule has 0 spiro atoms. The van der Waals surface area contributed by atoms with Crippen molar-refractivity contribution < 1.29 is 28.6 Å². The maximum absolute atomic E-state index is 12.7. The predicted octanol–water partition coefficient (Wildman–Crippen LogP) is 14.2. The Morgan fingerprint density at radius 3 is 1.26 bits per heavy atom. The fraction of sp³-hybridized carbons (Fsp3) is 0.549. The van der Waals surface area contributed by atoms with Crippen molar-refractivity contribution in [2.24, 2.45) is 0 Å². The molecule has 0 amide bonds. The minimum Gasteiger partial charge on any atom is -0.462 e. The van der Waals surface area contributed by atoms with E-state index in [2.05, 4.69) is 106 Å². The van der Waals surface area contributed by atoms with E-state index in [1.165, 1.54) is 6.42 Å². The Morgan fingerprint density at radius 1 is 0.386 bits per heavy atom. The van der Waals surface area contributed by atoms with Crippen LogP contribution in [0.5, 0.6) is 0 Å². The second kappa shape index (κ2) is 44.5. The topological polar surface area (TPSA) is 78.9 Å². The van der Waals surface area contributed by atoms with Gasteiger partial charge in [-0.25, -0.2) is 0 Å². The molecule has 6 heteroatoms. The van der Waals surface area contributed by atoms with E-state index in [1.54, 1.807) is 0 Å². The third-order valence-electron chi connectivity index (χ3n) is 8.54. The first-order valence-corrected chi connectivity index (χ1v) is 22.1. The lowest BCUT2D eigenvalue weighted by atomic mass is 10.1. The summed E-state index contributed by atoms with van der Waals surface area (Å²) >= 11 is 0. The van der Waals surface area contributed by atoms with Gasteiger partial charge in [0, 0.05) is 19.3 Å². The van der Waals surface area contributed by atoms with E-state index in [4.69, 9.17) is 14.2 Å². The van der Waals surface area contributed by atoms with Crippen LogP contribution in [0.1, 0.15) is 162 Å². The van der Waals surface area contributed by atoms with E-state index < -0.39 is 6.10 Å². The van der Waals surface area contributed by atoms with Crippen LogP contribution in [0, 0.1) is 0 Å². The molecule has 0 radical (unpaired) electrons. The molecule has 0 aromatic rings. The minimum absolute atomic E-state index is 0.122. The van der Waals surface area contributed by atoms with Gasteiger partial charge in [0.2, 0.25) is 0 Å². The van der Waals surface area contributed by atoms with Crippen LogP contribution in [0.3, 0.4) is 0 Å². The zero-order valence-corrected chi connectivity index (χ0v) is 36.0. The van der Waals surface area contributed by atoms with Gasteiger partial charge in [-0.2, -0.15) is 0 Å². The zero-order valence-electron chi connectivity index (χ0n) is 36.0. The van der Waals surface area contributed by atoms with Gasteiger partial charge in [0.25, 0.3) is 0 Å². The second-order valence-electron chi connectivity index (χ2n) is 14.0. The van der Waals surface area contributed by atoms with Gasteiger partial charge in [0.15, 0.2) is 6.10 Å². The Kier molecular flexibility index (Phi) is 41.3. The van der Waals surface area contributed by atoms with Crippen molar-refractivity contribution in [3.05, 3.63) is 122 Å². The molecule has 0 rings (SSSR count). The monoisotopic (exact) mass is 787 g/mol. The van der Waals surface area contributed by atoms with Gasteiger partial charge in [-0.1, -0.05) is 168 Å². The molecule has 0 aliphatic rings. The number of esters is 3. The first kappa shape index (κ1) is 52.8. The van der Waals surface area contributed by atoms with E-state index in [9.17, 15) is 14.4 Å². The van der Waals surface area contributed by atoms with E-state index in [0.717, 1.165) is 109 Å². The molecule has 1 atom stereocenters. The van der Waals surface area contributed by atoms with Crippen molar-refractivity contribution in [1.82, 2.24) is 0 Å². The van der Waals surface area contributed by atoms with Crippen molar-refractivity contribution in [2.75, 3.05) is 13.2 Å². The number of rotatable bonds is 37. The van der Waals surface area contributed by atoms with E-state index in [0.29, 0.717) is 19.3 Å². The first-order valence-electron chi connectivity index (χ1n) is 22.1. The quantitative estimate of drug-likeness (QED) is 0.0205. The third kappa shape index (κ3) is 42.8. The van der Waals surface area contributed by atoms with Crippen LogP contribution in [-0.2, 0) is 28.6 Å². The molecule has 0 aromatic heterocycles. The Balaban J connectivity index is 4.51. The van der Waals surface area contributed by atoms with Crippen LogP contribution in [0.2, 0.25) is 0 Å². The highest BCUT2D eigenvalue weighted by Crippen LogP contribution is 2.11. The fourth-order valence-corrected chi connectivity index (χ4v) is 5.29. The van der Waals surface area contributed by atoms with Crippen LogP contribution in [0.25, 0.3) is 0 Å². The molecular formula is C51H78O6. The molecule has 0 aliphatic heterocycles. The van der Waals surface area contributed by atoms with Crippen molar-refractivity contribution in [2.45, 2.75) is 168 Å². The van der Waals surface area contributed by atoms with Crippen molar-refractivity contribution in [3.63, 3.8) is 0 Å². The van der Waals surface area contributed by atoms with Crippen molar-refractivity contribution in [1.29, 1.82) is 0 Å². The highest BCUT2D eigenvalue weighted by Gasteiger charge is 2.19. The van der Waals surface area contributed by atoms with Crippen LogP contribution >= 0.6 is 0 Å². The van der Waals surface area contributed by atoms with Gasteiger partial charge in [-0.05, 0) is 96.3 Å². The standard InChI is InChI=1S/C51H78O6/c1-4-7-10-13-16-19-21-23-24-25-26-27-28-30-32-35-38-41-44-50(53)56-47-48(46-55-49(52)43-40-37-34-31-18-15-12-9-6-3)57-51(54)45-42-39-36-33-29-22-20-17-14-11-8-5-2/h8-13,16-21,23-27,29,31,33,48H,4-7,14-15,22,28,30,32,34-47H2,1-3H3/b11-8-,12-9-,13-10-,19-16-,20-17-,23-21-,25-24-,27-26-,31-18-,33-29-. The predicted molar refractivity (Wildman–Crippen MR) is 242 cm³/mol. The molecule has 0 heterocycles. The van der Waals surface area contributed by atoms with Gasteiger partial charge in [0.1, 0.15) is 13.2 Å². The number of carbonyl (C=O) groups excluding carboxylic acids is 3. The molecule has 0 saturated heterocycles. The maximum atomic E-state index is 12.7. The Bertz CT molecular complexity index is 1270. The number of carbonyl (C=O) groups is 3. The zero-order chi connectivity index (χ0) is 41.5. The maximum Gasteiger partial charge on any atom is 0.306 e. The summed E-state index contributed by atoms with van der Waals surface area (Å²) in [5, 5.41) is 0. The normalized spacial score (nSPS) is 13.2. The summed E-state index contributed by atoms with van der Waals surface area (Å²) < 4.78 is 16.6. The lowest BCUT2D eigenvalue weighted by molar-refractivity contribution is -0.167. The summed E-state index contributed by atoms with van der Waals surface area (Å²) in [4.78, 5) is 37.6. The highest BCUT2D eigenvalue weighted by molar-refractivity contribution is 5.71. The van der Waals surface area contributed by atoms with Gasteiger partial charge >= 0.3 is 17.9 Å².